The van der Waals surface area contributed by atoms with Gasteiger partial charge in [-0.1, -0.05) is 12.1 Å². The fourth-order valence-corrected chi connectivity index (χ4v) is 2.22. The van der Waals surface area contributed by atoms with Crippen LogP contribution in [0.2, 0.25) is 0 Å². The lowest BCUT2D eigenvalue weighted by Gasteiger charge is -2.19. The summed E-state index contributed by atoms with van der Waals surface area (Å²) in [6, 6.07) is 9.60. The smallest absolute Gasteiger partial charge is 0.224 e. The molecule has 0 aliphatic rings. The zero-order chi connectivity index (χ0) is 14.8. The molecule has 0 aliphatic carbocycles. The van der Waals surface area contributed by atoms with Crippen molar-refractivity contribution in [3.8, 4) is 6.07 Å². The van der Waals surface area contributed by atoms with Crippen LogP contribution < -0.4 is 10.6 Å². The molecule has 0 unspecified atom stereocenters. The van der Waals surface area contributed by atoms with Gasteiger partial charge in [0.1, 0.15) is 5.82 Å². The Hall–Kier alpha value is -3.14. The first-order valence-corrected chi connectivity index (χ1v) is 6.34. The van der Waals surface area contributed by atoms with Gasteiger partial charge >= 0.3 is 0 Å². The lowest BCUT2D eigenvalue weighted by atomic mass is 10.1. The number of nitriles is 1. The van der Waals surface area contributed by atoms with E-state index in [1.54, 1.807) is 12.3 Å². The molecule has 0 saturated carbocycles. The maximum absolute atomic E-state index is 8.95. The molecular weight excluding hydrogens is 266 g/mol. The van der Waals surface area contributed by atoms with Gasteiger partial charge in [-0.2, -0.15) is 20.3 Å². The Labute approximate surface area is 121 Å². The van der Waals surface area contributed by atoms with Crippen molar-refractivity contribution in [1.29, 1.82) is 5.26 Å². The molecule has 2 heterocycles. The molecule has 0 aliphatic heterocycles. The highest BCUT2D eigenvalue weighted by Crippen LogP contribution is 2.23. The molecule has 0 amide bonds. The number of benzene rings is 1. The summed E-state index contributed by atoms with van der Waals surface area (Å²) in [7, 11) is 1.91. The lowest BCUT2D eigenvalue weighted by Crippen LogP contribution is -2.19. The Morgan fingerprint density at radius 3 is 3.05 bits per heavy atom. The Kier molecular flexibility index (Phi) is 3.12. The van der Waals surface area contributed by atoms with Gasteiger partial charge in [0.05, 0.1) is 23.2 Å². The van der Waals surface area contributed by atoms with E-state index in [1.165, 1.54) is 0 Å². The number of H-pyrrole nitrogens is 1. The van der Waals surface area contributed by atoms with Gasteiger partial charge in [0.25, 0.3) is 0 Å². The average Bonchev–Trinajstić information content (AvgIpc) is 2.94. The molecule has 104 valence electrons. The van der Waals surface area contributed by atoms with Crippen LogP contribution in [0.15, 0.2) is 30.5 Å². The van der Waals surface area contributed by atoms with Crippen LogP contribution in [0.3, 0.4) is 0 Å². The maximum Gasteiger partial charge on any atom is 0.224 e. The number of fused-ring (bicyclic) bond motifs is 1. The van der Waals surface area contributed by atoms with Gasteiger partial charge in [0, 0.05) is 13.6 Å². The molecule has 0 fully saturated rings. The van der Waals surface area contributed by atoms with Crippen LogP contribution in [0.5, 0.6) is 0 Å². The predicted molar refractivity (Wildman–Crippen MR) is 79.4 cm³/mol. The third kappa shape index (κ3) is 2.47. The number of hydrogen-bond acceptors (Lipinski definition) is 6. The van der Waals surface area contributed by atoms with Crippen molar-refractivity contribution in [2.24, 2.45) is 0 Å². The molecule has 7 heteroatoms. The van der Waals surface area contributed by atoms with Gasteiger partial charge in [0.2, 0.25) is 5.95 Å². The minimum atomic E-state index is 0.194. The molecule has 0 radical (unpaired) electrons. The largest absolute Gasteiger partial charge is 0.368 e. The van der Waals surface area contributed by atoms with E-state index in [1.807, 2.05) is 30.1 Å². The molecule has 0 atom stereocenters. The van der Waals surface area contributed by atoms with Crippen LogP contribution in [0.25, 0.3) is 11.0 Å². The topological polar surface area (TPSA) is 108 Å². The summed E-state index contributed by atoms with van der Waals surface area (Å²) in [5, 5.41) is 16.5. The van der Waals surface area contributed by atoms with Gasteiger partial charge in [-0.05, 0) is 17.7 Å². The highest BCUT2D eigenvalue weighted by atomic mass is 15.2. The third-order valence-corrected chi connectivity index (χ3v) is 3.14. The Bertz CT molecular complexity index is 831. The molecule has 0 bridgehead atoms. The average molecular weight is 279 g/mol. The standard InChI is InChI=1S/C14H13N7/c1-21(8-10-4-2-3-9(5-10)6-15)13-11-7-17-20-12(11)18-14(16)19-13/h2-5,7H,8H2,1H3,(H3,16,17,18,19,20). The number of aromatic amines is 1. The van der Waals surface area contributed by atoms with E-state index < -0.39 is 0 Å². The van der Waals surface area contributed by atoms with E-state index in [0.717, 1.165) is 10.9 Å². The summed E-state index contributed by atoms with van der Waals surface area (Å²) in [6.45, 7) is 0.603. The minimum Gasteiger partial charge on any atom is -0.368 e. The quantitative estimate of drug-likeness (QED) is 0.751. The highest BCUT2D eigenvalue weighted by Gasteiger charge is 2.12. The van der Waals surface area contributed by atoms with Crippen molar-refractivity contribution in [2.45, 2.75) is 6.54 Å². The van der Waals surface area contributed by atoms with E-state index in [2.05, 4.69) is 26.2 Å². The Morgan fingerprint density at radius 1 is 1.38 bits per heavy atom. The summed E-state index contributed by atoms with van der Waals surface area (Å²) in [6.07, 6.45) is 1.67. The fraction of sp³-hybridized carbons (Fsp3) is 0.143. The van der Waals surface area contributed by atoms with E-state index in [4.69, 9.17) is 11.0 Å². The predicted octanol–water partition coefficient (Wildman–Crippen LogP) is 1.44. The number of nitrogens with zero attached hydrogens (tertiary/aromatic N) is 5. The highest BCUT2D eigenvalue weighted by molar-refractivity contribution is 5.87. The Balaban J connectivity index is 1.95. The molecule has 7 nitrogen and oxygen atoms in total. The lowest BCUT2D eigenvalue weighted by molar-refractivity contribution is 0.902. The van der Waals surface area contributed by atoms with Crippen LogP contribution >= 0.6 is 0 Å². The van der Waals surface area contributed by atoms with Crippen molar-refractivity contribution in [2.75, 3.05) is 17.7 Å². The van der Waals surface area contributed by atoms with Crippen LogP contribution in [0.4, 0.5) is 11.8 Å². The van der Waals surface area contributed by atoms with Crippen molar-refractivity contribution >= 4 is 22.8 Å². The number of nitrogens with two attached hydrogens (primary N) is 1. The number of rotatable bonds is 3. The van der Waals surface area contributed by atoms with Crippen molar-refractivity contribution < 1.29 is 0 Å². The van der Waals surface area contributed by atoms with E-state index in [9.17, 15) is 0 Å². The molecule has 3 rings (SSSR count). The molecule has 2 aromatic heterocycles. The number of nitrogens with one attached hydrogen (secondary N) is 1. The number of hydrogen-bond donors (Lipinski definition) is 2. The van der Waals surface area contributed by atoms with Crippen molar-refractivity contribution in [1.82, 2.24) is 20.2 Å². The molecular formula is C14H13N7. The zero-order valence-electron chi connectivity index (χ0n) is 11.4. The van der Waals surface area contributed by atoms with Gasteiger partial charge in [0.15, 0.2) is 5.65 Å². The fourth-order valence-electron chi connectivity index (χ4n) is 2.22. The molecule has 0 saturated heterocycles. The first-order valence-electron chi connectivity index (χ1n) is 6.34. The second-order valence-corrected chi connectivity index (χ2v) is 4.71. The van der Waals surface area contributed by atoms with E-state index in [0.29, 0.717) is 23.6 Å². The van der Waals surface area contributed by atoms with Gasteiger partial charge in [-0.15, -0.1) is 0 Å². The van der Waals surface area contributed by atoms with E-state index >= 15 is 0 Å². The normalized spacial score (nSPS) is 10.5. The maximum atomic E-state index is 8.95. The Morgan fingerprint density at radius 2 is 2.24 bits per heavy atom. The first-order chi connectivity index (χ1) is 10.2. The number of aromatic nitrogens is 4. The summed E-state index contributed by atoms with van der Waals surface area (Å²) in [4.78, 5) is 10.3. The van der Waals surface area contributed by atoms with Crippen LogP contribution in [-0.4, -0.2) is 27.2 Å². The van der Waals surface area contributed by atoms with Gasteiger partial charge in [-0.3, -0.25) is 5.10 Å². The van der Waals surface area contributed by atoms with Crippen molar-refractivity contribution in [3.63, 3.8) is 0 Å². The molecule has 21 heavy (non-hydrogen) atoms. The minimum absolute atomic E-state index is 0.194. The summed E-state index contributed by atoms with van der Waals surface area (Å²) < 4.78 is 0. The second kappa shape index (κ2) is 5.09. The van der Waals surface area contributed by atoms with Gasteiger partial charge in [-0.25, -0.2) is 0 Å². The first kappa shape index (κ1) is 12.9. The van der Waals surface area contributed by atoms with Crippen LogP contribution in [-0.2, 0) is 6.54 Å². The summed E-state index contributed by atoms with van der Waals surface area (Å²) in [5.74, 6) is 0.896. The van der Waals surface area contributed by atoms with Crippen LogP contribution in [0.1, 0.15) is 11.1 Å². The number of nitrogen functional groups attached to an aromatic ring is 1. The SMILES string of the molecule is CN(Cc1cccc(C#N)c1)c1nc(N)nc2[nH]ncc12. The van der Waals surface area contributed by atoms with Crippen molar-refractivity contribution in [3.05, 3.63) is 41.6 Å². The summed E-state index contributed by atoms with van der Waals surface area (Å²) in [5.41, 5.74) is 7.98. The van der Waals surface area contributed by atoms with E-state index in [-0.39, 0.29) is 5.95 Å². The van der Waals surface area contributed by atoms with Gasteiger partial charge < -0.3 is 10.6 Å². The molecule has 3 N–H and O–H groups in total. The summed E-state index contributed by atoms with van der Waals surface area (Å²) >= 11 is 0. The third-order valence-electron chi connectivity index (χ3n) is 3.14. The monoisotopic (exact) mass is 279 g/mol. The molecule has 1 aromatic carbocycles. The molecule has 0 spiro atoms. The second-order valence-electron chi connectivity index (χ2n) is 4.71. The number of anilines is 2. The van der Waals surface area contributed by atoms with Crippen LogP contribution in [0, 0.1) is 11.3 Å². The molecule has 3 aromatic rings. The zero-order valence-corrected chi connectivity index (χ0v) is 11.4.